The third kappa shape index (κ3) is 5.95. The van der Waals surface area contributed by atoms with E-state index in [0.717, 1.165) is 11.1 Å². The monoisotopic (exact) mass is 499 g/mol. The summed E-state index contributed by atoms with van der Waals surface area (Å²) in [5, 5.41) is 13.7. The highest BCUT2D eigenvalue weighted by molar-refractivity contribution is 5.75. The van der Waals surface area contributed by atoms with Crippen LogP contribution in [0.25, 0.3) is 11.5 Å². The predicted molar refractivity (Wildman–Crippen MR) is 133 cm³/mol. The van der Waals surface area contributed by atoms with Gasteiger partial charge in [-0.05, 0) is 54.3 Å². The predicted octanol–water partition coefficient (Wildman–Crippen LogP) is 4.69. The third-order valence-electron chi connectivity index (χ3n) is 6.24. The molecule has 1 fully saturated rings. The minimum absolute atomic E-state index is 0.114. The van der Waals surface area contributed by atoms with Crippen LogP contribution in [0.4, 0.5) is 4.79 Å². The van der Waals surface area contributed by atoms with Crippen molar-refractivity contribution in [3.63, 3.8) is 0 Å². The molecule has 0 aliphatic carbocycles. The molecular formula is C28H25N3O6. The minimum Gasteiger partial charge on any atom is -0.485 e. The zero-order valence-electron chi connectivity index (χ0n) is 19.9. The van der Waals surface area contributed by atoms with Crippen molar-refractivity contribution in [3.05, 3.63) is 96.3 Å². The van der Waals surface area contributed by atoms with E-state index in [1.807, 2.05) is 60.7 Å². The number of aliphatic carboxylic acids is 1. The Kier molecular flexibility index (Phi) is 7.12. The van der Waals surface area contributed by atoms with Gasteiger partial charge in [0.05, 0.1) is 5.92 Å². The molecule has 9 nitrogen and oxygen atoms in total. The lowest BCUT2D eigenvalue weighted by Gasteiger charge is -2.16. The summed E-state index contributed by atoms with van der Waals surface area (Å²) in [6.07, 6.45) is -0.0296. The zero-order chi connectivity index (χ0) is 25.6. The third-order valence-corrected chi connectivity index (χ3v) is 6.24. The van der Waals surface area contributed by atoms with Gasteiger partial charge in [-0.15, -0.1) is 0 Å². The van der Waals surface area contributed by atoms with Crippen LogP contribution >= 0.6 is 0 Å². The molecule has 0 spiro atoms. The summed E-state index contributed by atoms with van der Waals surface area (Å²) in [5.74, 6) is 0.0932. The summed E-state index contributed by atoms with van der Waals surface area (Å²) >= 11 is 0. The molecule has 2 atom stereocenters. The van der Waals surface area contributed by atoms with Gasteiger partial charge >= 0.3 is 12.1 Å². The van der Waals surface area contributed by atoms with Crippen molar-refractivity contribution in [2.24, 2.45) is 11.8 Å². The SMILES string of the molecule is O=C(O)[C@H]1CN(C(=O)Oc2ccccc2)C[C@H]1Cc1ccc(OCc2noc(-c3ccccc3)n2)cc1. The van der Waals surface area contributed by atoms with Crippen LogP contribution in [0, 0.1) is 11.8 Å². The highest BCUT2D eigenvalue weighted by Gasteiger charge is 2.40. The molecule has 0 saturated carbocycles. The van der Waals surface area contributed by atoms with Crippen LogP contribution in [-0.4, -0.2) is 45.3 Å². The lowest BCUT2D eigenvalue weighted by Crippen LogP contribution is -2.32. The van der Waals surface area contributed by atoms with Crippen molar-refractivity contribution in [1.82, 2.24) is 15.0 Å². The first-order valence-corrected chi connectivity index (χ1v) is 11.9. The molecule has 0 bridgehead atoms. The number of carbonyl (C=O) groups excluding carboxylic acids is 1. The fourth-order valence-corrected chi connectivity index (χ4v) is 4.34. The number of aromatic nitrogens is 2. The number of rotatable bonds is 8. The van der Waals surface area contributed by atoms with Crippen molar-refractivity contribution in [2.45, 2.75) is 13.0 Å². The first kappa shape index (κ1) is 24.1. The Morgan fingerprint density at radius 2 is 1.62 bits per heavy atom. The van der Waals surface area contributed by atoms with Crippen LogP contribution < -0.4 is 9.47 Å². The van der Waals surface area contributed by atoms with E-state index < -0.39 is 18.0 Å². The van der Waals surface area contributed by atoms with Gasteiger partial charge in [0.15, 0.2) is 6.61 Å². The molecular weight excluding hydrogens is 474 g/mol. The maximum atomic E-state index is 12.6. The lowest BCUT2D eigenvalue weighted by molar-refractivity contribution is -0.142. The van der Waals surface area contributed by atoms with Gasteiger partial charge < -0.3 is 24.0 Å². The van der Waals surface area contributed by atoms with Crippen molar-refractivity contribution in [1.29, 1.82) is 0 Å². The molecule has 2 heterocycles. The summed E-state index contributed by atoms with van der Waals surface area (Å²) in [6.45, 7) is 0.572. The second-order valence-corrected chi connectivity index (χ2v) is 8.81. The summed E-state index contributed by atoms with van der Waals surface area (Å²) < 4.78 is 16.5. The molecule has 3 aromatic carbocycles. The van der Waals surface area contributed by atoms with Crippen molar-refractivity contribution >= 4 is 12.1 Å². The number of carboxylic acids is 1. The molecule has 1 aromatic heterocycles. The van der Waals surface area contributed by atoms with Gasteiger partial charge in [-0.1, -0.05) is 53.7 Å². The maximum Gasteiger partial charge on any atom is 0.415 e. The van der Waals surface area contributed by atoms with Crippen LogP contribution in [0.5, 0.6) is 11.5 Å². The fraction of sp³-hybridized carbons (Fsp3) is 0.214. The number of likely N-dealkylation sites (tertiary alicyclic amines) is 1. The second-order valence-electron chi connectivity index (χ2n) is 8.81. The molecule has 9 heteroatoms. The van der Waals surface area contributed by atoms with Crippen molar-refractivity contribution in [2.75, 3.05) is 13.1 Å². The van der Waals surface area contributed by atoms with Gasteiger partial charge in [-0.2, -0.15) is 4.98 Å². The number of carbonyl (C=O) groups is 2. The highest BCUT2D eigenvalue weighted by Crippen LogP contribution is 2.29. The Hall–Kier alpha value is -4.66. The molecule has 1 aliphatic rings. The standard InChI is InChI=1S/C28H25N3O6/c32-27(33)24-17-31(28(34)36-23-9-5-2-6-10-23)16-21(24)15-19-11-13-22(14-12-19)35-18-25-29-26(37-30-25)20-7-3-1-4-8-20/h1-14,21,24H,15-18H2,(H,32,33)/t21-,24+/m1/s1. The Labute approximate surface area is 213 Å². The van der Waals surface area contributed by atoms with Crippen LogP contribution in [0.1, 0.15) is 11.4 Å². The molecule has 1 N–H and O–H groups in total. The van der Waals surface area contributed by atoms with Gasteiger partial charge in [0.2, 0.25) is 5.82 Å². The average Bonchev–Trinajstić information content (AvgIpc) is 3.57. The number of para-hydroxylation sites is 1. The molecule has 1 amide bonds. The molecule has 188 valence electrons. The van der Waals surface area contributed by atoms with E-state index >= 15 is 0 Å². The number of amides is 1. The summed E-state index contributed by atoms with van der Waals surface area (Å²) in [5.41, 5.74) is 1.79. The van der Waals surface area contributed by atoms with Crippen LogP contribution in [0.3, 0.4) is 0 Å². The van der Waals surface area contributed by atoms with E-state index in [9.17, 15) is 14.7 Å². The zero-order valence-corrected chi connectivity index (χ0v) is 19.9. The normalized spacial score (nSPS) is 16.9. The molecule has 4 aromatic rings. The second kappa shape index (κ2) is 10.9. The largest absolute Gasteiger partial charge is 0.485 e. The molecule has 0 unspecified atom stereocenters. The number of carboxylic acid groups (broad SMARTS) is 1. The maximum absolute atomic E-state index is 12.6. The number of benzene rings is 3. The molecule has 37 heavy (non-hydrogen) atoms. The first-order valence-electron chi connectivity index (χ1n) is 11.9. The molecule has 1 aliphatic heterocycles. The minimum atomic E-state index is -0.921. The summed E-state index contributed by atoms with van der Waals surface area (Å²) in [7, 11) is 0. The van der Waals surface area contributed by atoms with E-state index in [2.05, 4.69) is 10.1 Å². The van der Waals surface area contributed by atoms with Crippen molar-refractivity contribution < 1.29 is 28.7 Å². The first-order chi connectivity index (χ1) is 18.0. The number of nitrogens with zero attached hydrogens (tertiary/aromatic N) is 3. The van der Waals surface area contributed by atoms with Gasteiger partial charge in [-0.25, -0.2) is 4.79 Å². The Bertz CT molecular complexity index is 1340. The summed E-state index contributed by atoms with van der Waals surface area (Å²) in [6, 6.07) is 25.7. The fourth-order valence-electron chi connectivity index (χ4n) is 4.34. The van der Waals surface area contributed by atoms with Crippen molar-refractivity contribution in [3.8, 4) is 23.0 Å². The van der Waals surface area contributed by atoms with E-state index in [1.165, 1.54) is 4.90 Å². The molecule has 5 rings (SSSR count). The van der Waals surface area contributed by atoms with Crippen LogP contribution in [0.2, 0.25) is 0 Å². The van der Waals surface area contributed by atoms with Crippen LogP contribution in [0.15, 0.2) is 89.5 Å². The van der Waals surface area contributed by atoms with Crippen LogP contribution in [-0.2, 0) is 17.8 Å². The van der Waals surface area contributed by atoms with E-state index in [0.29, 0.717) is 36.2 Å². The Morgan fingerprint density at radius 1 is 0.919 bits per heavy atom. The number of hydrogen-bond acceptors (Lipinski definition) is 7. The lowest BCUT2D eigenvalue weighted by atomic mass is 9.90. The average molecular weight is 500 g/mol. The molecule has 1 saturated heterocycles. The smallest absolute Gasteiger partial charge is 0.415 e. The van der Waals surface area contributed by atoms with Gasteiger partial charge in [0.1, 0.15) is 11.5 Å². The Morgan fingerprint density at radius 3 is 2.32 bits per heavy atom. The van der Waals surface area contributed by atoms with Gasteiger partial charge in [0, 0.05) is 18.7 Å². The topological polar surface area (TPSA) is 115 Å². The van der Waals surface area contributed by atoms with Gasteiger partial charge in [-0.3, -0.25) is 4.79 Å². The quantitative estimate of drug-likeness (QED) is 0.371. The number of ether oxygens (including phenoxy) is 2. The summed E-state index contributed by atoms with van der Waals surface area (Å²) in [4.78, 5) is 30.3. The van der Waals surface area contributed by atoms with E-state index in [-0.39, 0.29) is 19.1 Å². The highest BCUT2D eigenvalue weighted by atomic mass is 16.6. The Balaban J connectivity index is 1.16. The van der Waals surface area contributed by atoms with E-state index in [4.69, 9.17) is 14.0 Å². The van der Waals surface area contributed by atoms with Gasteiger partial charge in [0.25, 0.3) is 5.89 Å². The van der Waals surface area contributed by atoms with E-state index in [1.54, 1.807) is 24.3 Å². The molecule has 0 radical (unpaired) electrons. The number of hydrogen-bond donors (Lipinski definition) is 1.